The van der Waals surface area contributed by atoms with Gasteiger partial charge in [0.2, 0.25) is 0 Å². The lowest BCUT2D eigenvalue weighted by Gasteiger charge is -2.37. The smallest absolute Gasteiger partial charge is 0.115 e. The lowest BCUT2D eigenvalue weighted by molar-refractivity contribution is 0.433. The molecule has 2 N–H and O–H groups in total. The van der Waals surface area contributed by atoms with Crippen molar-refractivity contribution in [3.63, 3.8) is 0 Å². The van der Waals surface area contributed by atoms with Crippen LogP contribution in [-0.2, 0) is 5.41 Å². The van der Waals surface area contributed by atoms with E-state index in [2.05, 4.69) is 37.8 Å². The SMILES string of the molecule is C=C/C(O)=C\C=C(/C)C(c1ccccc1)(c1ccccc1)c1ccc(O)cc1. The van der Waals surface area contributed by atoms with E-state index in [-0.39, 0.29) is 11.5 Å². The fourth-order valence-electron chi connectivity index (χ4n) is 3.67. The van der Waals surface area contributed by atoms with Gasteiger partial charge in [-0.05, 0) is 47.9 Å². The number of phenols is 1. The highest BCUT2D eigenvalue weighted by atomic mass is 16.3. The molecular weight excluding hydrogens is 344 g/mol. The van der Waals surface area contributed by atoms with Gasteiger partial charge in [-0.3, -0.25) is 0 Å². The first-order chi connectivity index (χ1) is 13.6. The number of aliphatic hydroxyl groups is 1. The quantitative estimate of drug-likeness (QED) is 0.304. The Morgan fingerprint density at radius 1 is 0.750 bits per heavy atom. The zero-order valence-electron chi connectivity index (χ0n) is 15.9. The zero-order valence-corrected chi connectivity index (χ0v) is 15.9. The van der Waals surface area contributed by atoms with Crippen LogP contribution >= 0.6 is 0 Å². The third-order valence-electron chi connectivity index (χ3n) is 5.02. The highest BCUT2D eigenvalue weighted by Gasteiger charge is 2.37. The van der Waals surface area contributed by atoms with Crippen molar-refractivity contribution in [2.75, 3.05) is 0 Å². The normalized spacial score (nSPS) is 12.6. The molecule has 0 amide bonds. The number of rotatable bonds is 6. The molecule has 0 aliphatic rings. The molecule has 0 aromatic heterocycles. The highest BCUT2D eigenvalue weighted by Crippen LogP contribution is 2.45. The first-order valence-corrected chi connectivity index (χ1v) is 9.20. The number of aromatic hydroxyl groups is 1. The second-order valence-corrected chi connectivity index (χ2v) is 6.67. The maximum atomic E-state index is 9.89. The van der Waals surface area contributed by atoms with Gasteiger partial charge >= 0.3 is 0 Å². The van der Waals surface area contributed by atoms with E-state index in [9.17, 15) is 10.2 Å². The maximum Gasteiger partial charge on any atom is 0.115 e. The van der Waals surface area contributed by atoms with Gasteiger partial charge in [-0.1, -0.05) is 91.0 Å². The van der Waals surface area contributed by atoms with E-state index in [1.807, 2.05) is 54.6 Å². The van der Waals surface area contributed by atoms with Gasteiger partial charge < -0.3 is 10.2 Å². The van der Waals surface area contributed by atoms with E-state index < -0.39 is 5.41 Å². The molecule has 28 heavy (non-hydrogen) atoms. The lowest BCUT2D eigenvalue weighted by atomic mass is 9.65. The fourth-order valence-corrected chi connectivity index (χ4v) is 3.67. The largest absolute Gasteiger partial charge is 0.508 e. The van der Waals surface area contributed by atoms with E-state index in [0.717, 1.165) is 22.3 Å². The number of phenolic OH excluding ortho intramolecular Hbond substituents is 1. The second-order valence-electron chi connectivity index (χ2n) is 6.67. The molecule has 0 aliphatic carbocycles. The Labute approximate surface area is 166 Å². The average Bonchev–Trinajstić information content (AvgIpc) is 2.75. The Morgan fingerprint density at radius 3 is 1.68 bits per heavy atom. The van der Waals surface area contributed by atoms with Crippen molar-refractivity contribution >= 4 is 0 Å². The Balaban J connectivity index is 2.39. The van der Waals surface area contributed by atoms with Gasteiger partial charge in [0.05, 0.1) is 5.41 Å². The van der Waals surface area contributed by atoms with Gasteiger partial charge in [0, 0.05) is 0 Å². The summed E-state index contributed by atoms with van der Waals surface area (Å²) < 4.78 is 0. The predicted octanol–water partition coefficient (Wildman–Crippen LogP) is 6.30. The molecule has 3 aromatic carbocycles. The number of aliphatic hydroxyl groups excluding tert-OH is 1. The average molecular weight is 368 g/mol. The molecule has 140 valence electrons. The molecule has 0 fully saturated rings. The molecule has 0 spiro atoms. The van der Waals surface area contributed by atoms with Gasteiger partial charge in [0.15, 0.2) is 0 Å². The summed E-state index contributed by atoms with van der Waals surface area (Å²) in [5.41, 5.74) is 3.69. The van der Waals surface area contributed by atoms with Gasteiger partial charge in [0.1, 0.15) is 11.5 Å². The molecule has 0 saturated carbocycles. The van der Waals surface area contributed by atoms with E-state index >= 15 is 0 Å². The molecule has 0 radical (unpaired) electrons. The summed E-state index contributed by atoms with van der Waals surface area (Å²) in [5.74, 6) is 0.338. The zero-order chi connectivity index (χ0) is 20.0. The number of allylic oxidation sites excluding steroid dienone is 4. The third-order valence-corrected chi connectivity index (χ3v) is 5.02. The Morgan fingerprint density at radius 2 is 1.21 bits per heavy atom. The van der Waals surface area contributed by atoms with Crippen LogP contribution in [0.4, 0.5) is 0 Å². The molecule has 3 rings (SSSR count). The monoisotopic (exact) mass is 368 g/mol. The standard InChI is InChI=1S/C26H24O2/c1-3-24(27)17-14-20(2)26(21-10-6-4-7-11-21,22-12-8-5-9-13-22)23-15-18-25(28)19-16-23/h3-19,27-28H,1H2,2H3/b20-14+,24-17+. The summed E-state index contributed by atoms with van der Waals surface area (Å²) in [6, 6.07) is 27.8. The van der Waals surface area contributed by atoms with Crippen LogP contribution in [0.2, 0.25) is 0 Å². The molecule has 0 atom stereocenters. The van der Waals surface area contributed by atoms with Crippen LogP contribution < -0.4 is 0 Å². The lowest BCUT2D eigenvalue weighted by Crippen LogP contribution is -2.31. The molecule has 0 bridgehead atoms. The maximum absolute atomic E-state index is 9.89. The van der Waals surface area contributed by atoms with Crippen LogP contribution in [0, 0.1) is 0 Å². The number of hydrogen-bond donors (Lipinski definition) is 2. The summed E-state index contributed by atoms with van der Waals surface area (Å²) in [7, 11) is 0. The summed E-state index contributed by atoms with van der Waals surface area (Å²) >= 11 is 0. The van der Waals surface area contributed by atoms with Crippen LogP contribution in [0.3, 0.4) is 0 Å². The summed E-state index contributed by atoms with van der Waals surface area (Å²) in [6.07, 6.45) is 4.99. The Bertz CT molecular complexity index is 942. The molecule has 3 aromatic rings. The van der Waals surface area contributed by atoms with E-state index in [1.165, 1.54) is 6.08 Å². The van der Waals surface area contributed by atoms with Crippen LogP contribution in [0.15, 0.2) is 121 Å². The van der Waals surface area contributed by atoms with Gasteiger partial charge in [-0.25, -0.2) is 0 Å². The summed E-state index contributed by atoms with van der Waals surface area (Å²) in [4.78, 5) is 0. The van der Waals surface area contributed by atoms with Gasteiger partial charge in [-0.2, -0.15) is 0 Å². The van der Waals surface area contributed by atoms with E-state index in [4.69, 9.17) is 0 Å². The minimum atomic E-state index is -0.575. The molecule has 2 heteroatoms. The van der Waals surface area contributed by atoms with Crippen LogP contribution in [-0.4, -0.2) is 10.2 Å². The molecule has 0 unspecified atom stereocenters. The minimum Gasteiger partial charge on any atom is -0.508 e. The third kappa shape index (κ3) is 3.63. The minimum absolute atomic E-state index is 0.111. The number of hydrogen-bond acceptors (Lipinski definition) is 2. The first-order valence-electron chi connectivity index (χ1n) is 9.20. The molecule has 0 aliphatic heterocycles. The van der Waals surface area contributed by atoms with Crippen molar-refractivity contribution in [3.05, 3.63) is 138 Å². The molecule has 0 saturated heterocycles. The van der Waals surface area contributed by atoms with Crippen molar-refractivity contribution in [1.29, 1.82) is 0 Å². The van der Waals surface area contributed by atoms with Crippen molar-refractivity contribution in [1.82, 2.24) is 0 Å². The summed E-state index contributed by atoms with van der Waals surface area (Å²) in [6.45, 7) is 5.66. The van der Waals surface area contributed by atoms with Crippen molar-refractivity contribution in [2.24, 2.45) is 0 Å². The molecular formula is C26H24O2. The van der Waals surface area contributed by atoms with Gasteiger partial charge in [-0.15, -0.1) is 0 Å². The number of benzene rings is 3. The highest BCUT2D eigenvalue weighted by molar-refractivity contribution is 5.59. The van der Waals surface area contributed by atoms with Crippen LogP contribution in [0.25, 0.3) is 0 Å². The van der Waals surface area contributed by atoms with Crippen molar-refractivity contribution in [2.45, 2.75) is 12.3 Å². The second kappa shape index (κ2) is 8.45. The van der Waals surface area contributed by atoms with Crippen LogP contribution in [0.1, 0.15) is 23.6 Å². The van der Waals surface area contributed by atoms with Crippen LogP contribution in [0.5, 0.6) is 5.75 Å². The van der Waals surface area contributed by atoms with Crippen molar-refractivity contribution in [3.8, 4) is 5.75 Å². The molecule has 0 heterocycles. The van der Waals surface area contributed by atoms with E-state index in [1.54, 1.807) is 18.2 Å². The topological polar surface area (TPSA) is 40.5 Å². The Hall–Kier alpha value is -3.52. The van der Waals surface area contributed by atoms with Crippen molar-refractivity contribution < 1.29 is 10.2 Å². The molecule has 2 nitrogen and oxygen atoms in total. The van der Waals surface area contributed by atoms with E-state index in [0.29, 0.717) is 0 Å². The first kappa shape index (κ1) is 19.2. The predicted molar refractivity (Wildman–Crippen MR) is 116 cm³/mol. The Kier molecular flexibility index (Phi) is 5.81. The summed E-state index contributed by atoms with van der Waals surface area (Å²) in [5, 5.41) is 19.7. The fraction of sp³-hybridized carbons (Fsp3) is 0.0769. The van der Waals surface area contributed by atoms with Gasteiger partial charge in [0.25, 0.3) is 0 Å².